The molecule has 1 saturated heterocycles. The second-order valence-electron chi connectivity index (χ2n) is 5.55. The van der Waals surface area contributed by atoms with E-state index in [1.165, 1.54) is 4.31 Å². The van der Waals surface area contributed by atoms with E-state index in [2.05, 4.69) is 11.6 Å². The van der Waals surface area contributed by atoms with E-state index >= 15 is 0 Å². The molecule has 0 saturated carbocycles. The van der Waals surface area contributed by atoms with E-state index in [4.69, 9.17) is 11.6 Å². The van der Waals surface area contributed by atoms with Crippen LogP contribution < -0.4 is 4.72 Å². The average Bonchev–Trinajstić information content (AvgIpc) is 2.15. The van der Waals surface area contributed by atoms with Crippen molar-refractivity contribution < 1.29 is 8.42 Å². The first-order valence-electron chi connectivity index (χ1n) is 6.08. The molecule has 1 rings (SSSR count). The molecular formula is C11H23ClN2O2S. The highest BCUT2D eigenvalue weighted by Gasteiger charge is 2.34. The van der Waals surface area contributed by atoms with Crippen molar-refractivity contribution in [2.24, 2.45) is 5.92 Å². The molecule has 102 valence electrons. The summed E-state index contributed by atoms with van der Waals surface area (Å²) in [6.07, 6.45) is 2.03. The summed E-state index contributed by atoms with van der Waals surface area (Å²) in [5, 5.41) is -0.264. The zero-order chi connectivity index (χ0) is 13.3. The summed E-state index contributed by atoms with van der Waals surface area (Å²) in [4.78, 5) is 0. The Balaban J connectivity index is 2.75. The Morgan fingerprint density at radius 2 is 2.06 bits per heavy atom. The maximum atomic E-state index is 12.2. The molecule has 17 heavy (non-hydrogen) atoms. The standard InChI is InChI=1S/C11H23ClN2O2S/c1-9-6-5-7-14(8-9)17(15,16)13-11(3,4)10(2)12/h9-10,13H,5-8H2,1-4H3. The van der Waals surface area contributed by atoms with Crippen LogP contribution in [0.15, 0.2) is 0 Å². The molecule has 0 amide bonds. The number of nitrogens with zero attached hydrogens (tertiary/aromatic N) is 1. The Hall–Kier alpha value is 0.160. The van der Waals surface area contributed by atoms with Crippen molar-refractivity contribution in [3.63, 3.8) is 0 Å². The zero-order valence-electron chi connectivity index (χ0n) is 11.0. The van der Waals surface area contributed by atoms with Gasteiger partial charge in [0.2, 0.25) is 0 Å². The van der Waals surface area contributed by atoms with E-state index in [1.807, 2.05) is 0 Å². The van der Waals surface area contributed by atoms with Crippen molar-refractivity contribution in [3.8, 4) is 0 Å². The average molecular weight is 283 g/mol. The van der Waals surface area contributed by atoms with E-state index in [0.717, 1.165) is 12.8 Å². The van der Waals surface area contributed by atoms with Gasteiger partial charge in [-0.05, 0) is 39.5 Å². The SMILES string of the molecule is CC1CCCN(S(=O)(=O)NC(C)(C)C(C)Cl)C1. The van der Waals surface area contributed by atoms with Crippen LogP contribution >= 0.6 is 11.6 Å². The number of alkyl halides is 1. The summed E-state index contributed by atoms with van der Waals surface area (Å²) >= 11 is 6.00. The van der Waals surface area contributed by atoms with Crippen LogP contribution in [0.2, 0.25) is 0 Å². The molecule has 0 aromatic rings. The minimum Gasteiger partial charge on any atom is -0.195 e. The topological polar surface area (TPSA) is 49.4 Å². The van der Waals surface area contributed by atoms with E-state index in [-0.39, 0.29) is 5.38 Å². The largest absolute Gasteiger partial charge is 0.279 e. The van der Waals surface area contributed by atoms with Gasteiger partial charge in [0.1, 0.15) is 0 Å². The molecule has 2 atom stereocenters. The monoisotopic (exact) mass is 282 g/mol. The van der Waals surface area contributed by atoms with Gasteiger partial charge in [-0.15, -0.1) is 11.6 Å². The summed E-state index contributed by atoms with van der Waals surface area (Å²) in [6.45, 7) is 8.68. The van der Waals surface area contributed by atoms with Crippen LogP contribution in [-0.4, -0.2) is 36.7 Å². The highest BCUT2D eigenvalue weighted by atomic mass is 35.5. The van der Waals surface area contributed by atoms with Crippen molar-refractivity contribution in [1.29, 1.82) is 0 Å². The van der Waals surface area contributed by atoms with Crippen molar-refractivity contribution in [1.82, 2.24) is 9.03 Å². The Morgan fingerprint density at radius 1 is 1.47 bits per heavy atom. The molecule has 1 N–H and O–H groups in total. The minimum atomic E-state index is -3.42. The van der Waals surface area contributed by atoms with Gasteiger partial charge >= 0.3 is 0 Å². The van der Waals surface area contributed by atoms with Crippen molar-refractivity contribution >= 4 is 21.8 Å². The molecule has 0 aliphatic carbocycles. The van der Waals surface area contributed by atoms with Crippen LogP contribution in [0.3, 0.4) is 0 Å². The summed E-state index contributed by atoms with van der Waals surface area (Å²) in [6, 6.07) is 0. The molecule has 0 bridgehead atoms. The third-order valence-electron chi connectivity index (χ3n) is 3.35. The van der Waals surface area contributed by atoms with Crippen molar-refractivity contribution in [2.75, 3.05) is 13.1 Å². The summed E-state index contributed by atoms with van der Waals surface area (Å²) in [5.41, 5.74) is -0.638. The number of rotatable bonds is 4. The molecule has 1 aliphatic rings. The fraction of sp³-hybridized carbons (Fsp3) is 1.00. The fourth-order valence-electron chi connectivity index (χ4n) is 1.84. The molecule has 2 unspecified atom stereocenters. The molecule has 1 aliphatic heterocycles. The maximum absolute atomic E-state index is 12.2. The van der Waals surface area contributed by atoms with Gasteiger partial charge < -0.3 is 0 Å². The van der Waals surface area contributed by atoms with Gasteiger partial charge in [0, 0.05) is 24.0 Å². The first kappa shape index (κ1) is 15.2. The van der Waals surface area contributed by atoms with Crippen molar-refractivity contribution in [3.05, 3.63) is 0 Å². The lowest BCUT2D eigenvalue weighted by atomic mass is 10.0. The molecule has 1 heterocycles. The van der Waals surface area contributed by atoms with Gasteiger partial charge in [-0.25, -0.2) is 0 Å². The number of hydrogen-bond donors (Lipinski definition) is 1. The van der Waals surface area contributed by atoms with Gasteiger partial charge in [0.15, 0.2) is 0 Å². The molecule has 1 fully saturated rings. The van der Waals surface area contributed by atoms with Crippen LogP contribution in [0.25, 0.3) is 0 Å². The maximum Gasteiger partial charge on any atom is 0.279 e. The van der Waals surface area contributed by atoms with E-state index in [1.54, 1.807) is 20.8 Å². The number of nitrogens with one attached hydrogen (secondary N) is 1. The van der Waals surface area contributed by atoms with E-state index in [0.29, 0.717) is 19.0 Å². The Labute approximate surface area is 110 Å². The summed E-state index contributed by atoms with van der Waals surface area (Å²) in [7, 11) is -3.42. The summed E-state index contributed by atoms with van der Waals surface area (Å²) in [5.74, 6) is 0.428. The lowest BCUT2D eigenvalue weighted by molar-refractivity contribution is 0.272. The highest BCUT2D eigenvalue weighted by molar-refractivity contribution is 7.87. The lowest BCUT2D eigenvalue weighted by Crippen LogP contribution is -2.55. The smallest absolute Gasteiger partial charge is 0.195 e. The van der Waals surface area contributed by atoms with Crippen LogP contribution in [-0.2, 0) is 10.2 Å². The van der Waals surface area contributed by atoms with Gasteiger partial charge in [-0.1, -0.05) is 6.92 Å². The van der Waals surface area contributed by atoms with Crippen molar-refractivity contribution in [2.45, 2.75) is 51.5 Å². The van der Waals surface area contributed by atoms with Gasteiger partial charge in [0.05, 0.1) is 0 Å². The van der Waals surface area contributed by atoms with Crippen LogP contribution in [0.5, 0.6) is 0 Å². The highest BCUT2D eigenvalue weighted by Crippen LogP contribution is 2.21. The predicted octanol–water partition coefficient (Wildman–Crippen LogP) is 1.96. The Kier molecular flexibility index (Phi) is 4.86. The first-order valence-corrected chi connectivity index (χ1v) is 7.96. The van der Waals surface area contributed by atoms with E-state index in [9.17, 15) is 8.42 Å². The van der Waals surface area contributed by atoms with Gasteiger partial charge in [-0.3, -0.25) is 0 Å². The zero-order valence-corrected chi connectivity index (χ0v) is 12.6. The van der Waals surface area contributed by atoms with E-state index < -0.39 is 15.7 Å². The third-order valence-corrected chi connectivity index (χ3v) is 5.69. The normalized spacial score (nSPS) is 25.8. The first-order chi connectivity index (χ1) is 7.65. The quantitative estimate of drug-likeness (QED) is 0.802. The lowest BCUT2D eigenvalue weighted by Gasteiger charge is -2.35. The Bertz CT molecular complexity index is 354. The van der Waals surface area contributed by atoms with Crippen LogP contribution in [0, 0.1) is 5.92 Å². The molecule has 4 nitrogen and oxygen atoms in total. The number of piperidine rings is 1. The predicted molar refractivity (Wildman–Crippen MR) is 71.4 cm³/mol. The second kappa shape index (κ2) is 5.43. The van der Waals surface area contributed by atoms with Gasteiger partial charge in [-0.2, -0.15) is 17.4 Å². The number of halogens is 1. The number of hydrogen-bond acceptors (Lipinski definition) is 2. The van der Waals surface area contributed by atoms with Crippen LogP contribution in [0.4, 0.5) is 0 Å². The minimum absolute atomic E-state index is 0.264. The summed E-state index contributed by atoms with van der Waals surface area (Å²) < 4.78 is 28.6. The molecular weight excluding hydrogens is 260 g/mol. The van der Waals surface area contributed by atoms with Gasteiger partial charge in [0.25, 0.3) is 10.2 Å². The molecule has 0 spiro atoms. The fourth-order valence-corrected chi connectivity index (χ4v) is 3.75. The van der Waals surface area contributed by atoms with Crippen LogP contribution in [0.1, 0.15) is 40.5 Å². The molecule has 0 aromatic carbocycles. The third kappa shape index (κ3) is 4.09. The second-order valence-corrected chi connectivity index (χ2v) is 7.88. The Morgan fingerprint density at radius 3 is 2.53 bits per heavy atom. The molecule has 0 aromatic heterocycles. The molecule has 0 radical (unpaired) electrons. The molecule has 6 heteroatoms.